The highest BCUT2D eigenvalue weighted by Gasteiger charge is 1.99. The quantitative estimate of drug-likeness (QED) is 0.686. The molecule has 16 heavy (non-hydrogen) atoms. The second kappa shape index (κ2) is 7.01. The number of aryl methyl sites for hydroxylation is 1. The van der Waals surface area contributed by atoms with E-state index in [9.17, 15) is 4.79 Å². The molecule has 0 saturated carbocycles. The molecule has 88 valence electrons. The van der Waals surface area contributed by atoms with Crippen LogP contribution in [0.15, 0.2) is 24.3 Å². The second-order valence-electron chi connectivity index (χ2n) is 3.87. The molecule has 3 N–H and O–H groups in total. The van der Waals surface area contributed by atoms with Gasteiger partial charge in [-0.25, -0.2) is 0 Å². The highest BCUT2D eigenvalue weighted by molar-refractivity contribution is 5.73. The van der Waals surface area contributed by atoms with Crippen LogP contribution in [-0.2, 0) is 17.8 Å². The molecular weight excluding hydrogens is 200 g/mol. The fourth-order valence-corrected chi connectivity index (χ4v) is 1.69. The smallest absolute Gasteiger partial charge is 0.217 e. The molecule has 0 saturated heterocycles. The normalized spacial score (nSPS) is 10.3. The van der Waals surface area contributed by atoms with E-state index < -0.39 is 0 Å². The predicted molar refractivity (Wildman–Crippen MR) is 66.0 cm³/mol. The molecule has 0 aliphatic carbocycles. The van der Waals surface area contributed by atoms with Gasteiger partial charge in [0.05, 0.1) is 0 Å². The number of nitrogens with one attached hydrogen (secondary N) is 1. The van der Waals surface area contributed by atoms with Crippen molar-refractivity contribution in [2.45, 2.75) is 32.7 Å². The Morgan fingerprint density at radius 3 is 2.62 bits per heavy atom. The maximum atomic E-state index is 10.5. The van der Waals surface area contributed by atoms with E-state index in [2.05, 4.69) is 36.5 Å². The average molecular weight is 220 g/mol. The number of nitrogens with two attached hydrogens (primary N) is 1. The van der Waals surface area contributed by atoms with Crippen LogP contribution in [0.1, 0.15) is 30.9 Å². The third kappa shape index (κ3) is 4.45. The molecule has 3 nitrogen and oxygen atoms in total. The third-order valence-corrected chi connectivity index (χ3v) is 2.59. The fourth-order valence-electron chi connectivity index (χ4n) is 1.69. The van der Waals surface area contributed by atoms with Crippen LogP contribution in [0.2, 0.25) is 0 Å². The molecule has 0 radical (unpaired) electrons. The standard InChI is InChI=1S/C13H20N2O/c1-2-11-6-3-4-7-12(11)10-15-9-5-8-13(14)16/h3-4,6-7,15H,2,5,8-10H2,1H3,(H2,14,16). The number of hydrogen-bond donors (Lipinski definition) is 2. The predicted octanol–water partition coefficient (Wildman–Crippen LogP) is 1.60. The van der Waals surface area contributed by atoms with Crippen LogP contribution < -0.4 is 11.1 Å². The molecular formula is C13H20N2O. The number of primary amides is 1. The van der Waals surface area contributed by atoms with E-state index in [0.29, 0.717) is 6.42 Å². The van der Waals surface area contributed by atoms with E-state index in [1.54, 1.807) is 0 Å². The van der Waals surface area contributed by atoms with Crippen molar-refractivity contribution in [3.63, 3.8) is 0 Å². The van der Waals surface area contributed by atoms with Crippen LogP contribution in [-0.4, -0.2) is 12.5 Å². The summed E-state index contributed by atoms with van der Waals surface area (Å²) < 4.78 is 0. The average Bonchev–Trinajstić information content (AvgIpc) is 2.29. The zero-order valence-electron chi connectivity index (χ0n) is 9.83. The first-order chi connectivity index (χ1) is 7.74. The Kier molecular flexibility index (Phi) is 5.57. The van der Waals surface area contributed by atoms with E-state index in [0.717, 1.165) is 25.9 Å². The number of rotatable bonds is 7. The van der Waals surface area contributed by atoms with Crippen LogP contribution in [0, 0.1) is 0 Å². The third-order valence-electron chi connectivity index (χ3n) is 2.59. The van der Waals surface area contributed by atoms with Gasteiger partial charge in [-0.1, -0.05) is 31.2 Å². The molecule has 1 aromatic rings. The van der Waals surface area contributed by atoms with Gasteiger partial charge in [0.15, 0.2) is 0 Å². The van der Waals surface area contributed by atoms with Crippen LogP contribution >= 0.6 is 0 Å². The molecule has 0 aliphatic heterocycles. The number of benzene rings is 1. The second-order valence-corrected chi connectivity index (χ2v) is 3.87. The van der Waals surface area contributed by atoms with E-state index in [1.165, 1.54) is 11.1 Å². The SMILES string of the molecule is CCc1ccccc1CNCCCC(N)=O. The fraction of sp³-hybridized carbons (Fsp3) is 0.462. The van der Waals surface area contributed by atoms with Crippen molar-refractivity contribution in [1.82, 2.24) is 5.32 Å². The maximum absolute atomic E-state index is 10.5. The van der Waals surface area contributed by atoms with Crippen molar-refractivity contribution in [2.24, 2.45) is 5.73 Å². The van der Waals surface area contributed by atoms with Crippen molar-refractivity contribution < 1.29 is 4.79 Å². The summed E-state index contributed by atoms with van der Waals surface area (Å²) in [5.41, 5.74) is 7.78. The lowest BCUT2D eigenvalue weighted by molar-refractivity contribution is -0.118. The van der Waals surface area contributed by atoms with Gasteiger partial charge in [0, 0.05) is 13.0 Å². The van der Waals surface area contributed by atoms with Gasteiger partial charge >= 0.3 is 0 Å². The zero-order valence-corrected chi connectivity index (χ0v) is 9.83. The van der Waals surface area contributed by atoms with Crippen LogP contribution in [0.4, 0.5) is 0 Å². The Morgan fingerprint density at radius 2 is 2.00 bits per heavy atom. The summed E-state index contributed by atoms with van der Waals surface area (Å²) in [6.45, 7) is 3.86. The molecule has 0 aromatic heterocycles. The Labute approximate surface area is 97.0 Å². The van der Waals surface area contributed by atoms with Crippen LogP contribution in [0.3, 0.4) is 0 Å². The largest absolute Gasteiger partial charge is 0.370 e. The number of carbonyl (C=O) groups is 1. The first-order valence-corrected chi connectivity index (χ1v) is 5.80. The summed E-state index contributed by atoms with van der Waals surface area (Å²) in [7, 11) is 0. The van der Waals surface area contributed by atoms with Gasteiger partial charge < -0.3 is 11.1 Å². The summed E-state index contributed by atoms with van der Waals surface area (Å²) in [5.74, 6) is -0.226. The molecule has 0 unspecified atom stereocenters. The Morgan fingerprint density at radius 1 is 1.31 bits per heavy atom. The number of amides is 1. The van der Waals surface area contributed by atoms with Crippen molar-refractivity contribution in [3.8, 4) is 0 Å². The summed E-state index contributed by atoms with van der Waals surface area (Å²) in [5, 5.41) is 3.32. The Hall–Kier alpha value is -1.35. The van der Waals surface area contributed by atoms with Gasteiger partial charge in [0.25, 0.3) is 0 Å². The van der Waals surface area contributed by atoms with E-state index in [4.69, 9.17) is 5.73 Å². The van der Waals surface area contributed by atoms with E-state index in [-0.39, 0.29) is 5.91 Å². The summed E-state index contributed by atoms with van der Waals surface area (Å²) in [6.07, 6.45) is 2.32. The maximum Gasteiger partial charge on any atom is 0.217 e. The first kappa shape index (κ1) is 12.7. The van der Waals surface area contributed by atoms with Gasteiger partial charge in [0.2, 0.25) is 5.91 Å². The van der Waals surface area contributed by atoms with Gasteiger partial charge in [-0.3, -0.25) is 4.79 Å². The van der Waals surface area contributed by atoms with Crippen LogP contribution in [0.5, 0.6) is 0 Å². The van der Waals surface area contributed by atoms with Crippen molar-refractivity contribution in [3.05, 3.63) is 35.4 Å². The molecule has 1 rings (SSSR count). The lowest BCUT2D eigenvalue weighted by Crippen LogP contribution is -2.18. The number of hydrogen-bond acceptors (Lipinski definition) is 2. The minimum Gasteiger partial charge on any atom is -0.370 e. The topological polar surface area (TPSA) is 55.1 Å². The first-order valence-electron chi connectivity index (χ1n) is 5.80. The Bertz CT molecular complexity index is 336. The highest BCUT2D eigenvalue weighted by Crippen LogP contribution is 2.08. The lowest BCUT2D eigenvalue weighted by atomic mass is 10.1. The van der Waals surface area contributed by atoms with Gasteiger partial charge in [-0.15, -0.1) is 0 Å². The summed E-state index contributed by atoms with van der Waals surface area (Å²) in [4.78, 5) is 10.5. The van der Waals surface area contributed by atoms with Gasteiger partial charge in [0.1, 0.15) is 0 Å². The monoisotopic (exact) mass is 220 g/mol. The zero-order chi connectivity index (χ0) is 11.8. The Balaban J connectivity index is 2.28. The summed E-state index contributed by atoms with van der Waals surface area (Å²) in [6, 6.07) is 8.41. The molecule has 0 fully saturated rings. The van der Waals surface area contributed by atoms with Crippen molar-refractivity contribution in [1.29, 1.82) is 0 Å². The van der Waals surface area contributed by atoms with Gasteiger partial charge in [-0.2, -0.15) is 0 Å². The molecule has 0 aliphatic rings. The molecule has 0 bridgehead atoms. The molecule has 3 heteroatoms. The molecule has 1 amide bonds. The lowest BCUT2D eigenvalue weighted by Gasteiger charge is -2.08. The minimum atomic E-state index is -0.226. The van der Waals surface area contributed by atoms with Gasteiger partial charge in [-0.05, 0) is 30.5 Å². The molecule has 0 atom stereocenters. The van der Waals surface area contributed by atoms with E-state index in [1.807, 2.05) is 0 Å². The minimum absolute atomic E-state index is 0.226. The molecule has 1 aromatic carbocycles. The highest BCUT2D eigenvalue weighted by atomic mass is 16.1. The summed E-state index contributed by atoms with van der Waals surface area (Å²) >= 11 is 0. The van der Waals surface area contributed by atoms with Crippen molar-refractivity contribution in [2.75, 3.05) is 6.54 Å². The number of carbonyl (C=O) groups excluding carboxylic acids is 1. The molecule has 0 heterocycles. The molecule has 0 spiro atoms. The van der Waals surface area contributed by atoms with E-state index >= 15 is 0 Å². The van der Waals surface area contributed by atoms with Crippen molar-refractivity contribution >= 4 is 5.91 Å². The van der Waals surface area contributed by atoms with Crippen LogP contribution in [0.25, 0.3) is 0 Å².